The number of fused-ring (bicyclic) bond motifs is 1. The zero-order chi connectivity index (χ0) is 22.2. The van der Waals surface area contributed by atoms with Crippen LogP contribution in [0.2, 0.25) is 0 Å². The van der Waals surface area contributed by atoms with Gasteiger partial charge in [-0.2, -0.15) is 0 Å². The molecule has 3 aliphatic rings. The largest absolute Gasteiger partial charge is 0.477 e. The van der Waals surface area contributed by atoms with Crippen LogP contribution in [0.1, 0.15) is 9.88 Å². The lowest BCUT2D eigenvalue weighted by atomic mass is 10.0. The second-order valence-electron chi connectivity index (χ2n) is 7.33. The van der Waals surface area contributed by atoms with Crippen LogP contribution >= 0.6 is 34.4 Å². The minimum absolute atomic E-state index is 0.0767. The summed E-state index contributed by atoms with van der Waals surface area (Å²) >= 11 is 4.21. The molecule has 3 aliphatic heterocycles. The molecule has 2 aromatic heterocycles. The predicted molar refractivity (Wildman–Crippen MR) is 121 cm³/mol. The second-order valence-corrected chi connectivity index (χ2v) is 10.4. The molecule has 2 aromatic rings. The van der Waals surface area contributed by atoms with E-state index in [4.69, 9.17) is 4.74 Å². The Morgan fingerprint density at radius 2 is 2.09 bits per heavy atom. The highest BCUT2D eigenvalue weighted by Gasteiger charge is 2.54. The van der Waals surface area contributed by atoms with Crippen molar-refractivity contribution in [3.05, 3.63) is 33.1 Å². The second kappa shape index (κ2) is 8.81. The molecule has 0 saturated carbocycles. The lowest BCUT2D eigenvalue weighted by Crippen LogP contribution is -2.70. The zero-order valence-electron chi connectivity index (χ0n) is 16.7. The van der Waals surface area contributed by atoms with Gasteiger partial charge in [0.1, 0.15) is 22.1 Å². The van der Waals surface area contributed by atoms with E-state index in [0.717, 1.165) is 4.88 Å². The van der Waals surface area contributed by atoms with Gasteiger partial charge in [-0.05, 0) is 11.4 Å². The number of carbonyl (C=O) groups excluding carboxylic acids is 2. The van der Waals surface area contributed by atoms with Crippen molar-refractivity contribution in [1.82, 2.24) is 20.4 Å². The summed E-state index contributed by atoms with van der Waals surface area (Å²) < 4.78 is 5.36. The van der Waals surface area contributed by atoms with Crippen molar-refractivity contribution >= 4 is 62.9 Å². The van der Waals surface area contributed by atoms with Gasteiger partial charge in [0.05, 0.1) is 19.6 Å². The third-order valence-corrected chi connectivity index (χ3v) is 8.56. The number of anilines is 1. The van der Waals surface area contributed by atoms with Gasteiger partial charge in [0.2, 0.25) is 11.0 Å². The van der Waals surface area contributed by atoms with E-state index in [9.17, 15) is 19.5 Å². The number of hydrogen-bond donors (Lipinski definition) is 2. The summed E-state index contributed by atoms with van der Waals surface area (Å²) in [4.78, 5) is 41.5. The molecule has 0 radical (unpaired) electrons. The van der Waals surface area contributed by atoms with Crippen LogP contribution in [0.3, 0.4) is 0 Å². The average molecular weight is 494 g/mol. The van der Waals surface area contributed by atoms with Crippen LogP contribution in [-0.2, 0) is 25.5 Å². The predicted octanol–water partition coefficient (Wildman–Crippen LogP) is 0.874. The molecule has 10 nitrogen and oxygen atoms in total. The average Bonchev–Trinajstić information content (AvgIpc) is 3.49. The molecule has 5 heterocycles. The number of β-lactam (4-membered cyclic amide) rings is 1. The number of carboxylic acids is 1. The van der Waals surface area contributed by atoms with Gasteiger partial charge in [0, 0.05) is 29.3 Å². The first-order valence-electron chi connectivity index (χ1n) is 9.92. The lowest BCUT2D eigenvalue weighted by molar-refractivity contribution is -0.150. The Morgan fingerprint density at radius 1 is 1.28 bits per heavy atom. The Hall–Kier alpha value is -2.48. The van der Waals surface area contributed by atoms with Crippen LogP contribution in [-0.4, -0.2) is 81.5 Å². The summed E-state index contributed by atoms with van der Waals surface area (Å²) in [5.74, 6) is -1.50. The Labute approximate surface area is 195 Å². The van der Waals surface area contributed by atoms with E-state index in [2.05, 4.69) is 20.4 Å². The quantitative estimate of drug-likeness (QED) is 0.564. The number of aromatic nitrogens is 2. The third-order valence-electron chi connectivity index (χ3n) is 5.36. The van der Waals surface area contributed by atoms with E-state index in [1.165, 1.54) is 39.3 Å². The summed E-state index contributed by atoms with van der Waals surface area (Å²) in [5.41, 5.74) is 0.402. The van der Waals surface area contributed by atoms with Crippen molar-refractivity contribution in [3.8, 4) is 0 Å². The highest BCUT2D eigenvalue weighted by atomic mass is 32.2. The molecule has 0 bridgehead atoms. The van der Waals surface area contributed by atoms with Gasteiger partial charge in [-0.25, -0.2) is 4.79 Å². The van der Waals surface area contributed by atoms with E-state index < -0.39 is 23.3 Å². The van der Waals surface area contributed by atoms with Crippen LogP contribution < -0.4 is 10.2 Å². The van der Waals surface area contributed by atoms with Gasteiger partial charge in [0.15, 0.2) is 0 Å². The number of thioether (sulfide) groups is 1. The van der Waals surface area contributed by atoms with Gasteiger partial charge >= 0.3 is 5.97 Å². The standard InChI is InChI=1S/C19H19N5O5S3/c25-12(8-10-2-1-7-30-10)20-13-16(26)24-14(18(27)28)11(9-31-17(13)24)15-21-22-19(32-15)23-3-5-29-6-4-23/h1-2,7,13,17H,3-6,8-9H2,(H,20,25)(H,27,28)/t13?,17-/m1/s1. The Balaban J connectivity index is 1.34. The van der Waals surface area contributed by atoms with Crippen molar-refractivity contribution in [1.29, 1.82) is 0 Å². The van der Waals surface area contributed by atoms with Crippen molar-refractivity contribution in [2.24, 2.45) is 0 Å². The van der Waals surface area contributed by atoms with Crippen molar-refractivity contribution in [2.45, 2.75) is 17.8 Å². The first-order chi connectivity index (χ1) is 15.5. The fraction of sp³-hybridized carbons (Fsp3) is 0.421. The van der Waals surface area contributed by atoms with Crippen molar-refractivity contribution < 1.29 is 24.2 Å². The van der Waals surface area contributed by atoms with Crippen LogP contribution in [0.25, 0.3) is 5.57 Å². The molecular weight excluding hydrogens is 474 g/mol. The fourth-order valence-electron chi connectivity index (χ4n) is 3.80. The van der Waals surface area contributed by atoms with E-state index in [1.807, 2.05) is 17.5 Å². The highest BCUT2D eigenvalue weighted by molar-refractivity contribution is 8.00. The topological polar surface area (TPSA) is 125 Å². The summed E-state index contributed by atoms with van der Waals surface area (Å²) in [7, 11) is 0. The first kappa shape index (κ1) is 21.4. The third kappa shape index (κ3) is 3.89. The molecule has 2 atom stereocenters. The number of morpholine rings is 1. The summed E-state index contributed by atoms with van der Waals surface area (Å²) in [5, 5.41) is 23.7. The molecule has 2 saturated heterocycles. The Kier molecular flexibility index (Phi) is 5.88. The molecule has 1 unspecified atom stereocenters. The lowest BCUT2D eigenvalue weighted by Gasteiger charge is -2.49. The molecule has 32 heavy (non-hydrogen) atoms. The van der Waals surface area contributed by atoms with E-state index in [-0.39, 0.29) is 18.0 Å². The molecule has 0 aliphatic carbocycles. The summed E-state index contributed by atoms with van der Waals surface area (Å²) in [6.45, 7) is 2.62. The van der Waals surface area contributed by atoms with Crippen LogP contribution in [0.15, 0.2) is 23.2 Å². The number of thiophene rings is 1. The number of hydrogen-bond acceptors (Lipinski definition) is 10. The number of rotatable bonds is 6. The van der Waals surface area contributed by atoms with Crippen LogP contribution in [0.4, 0.5) is 5.13 Å². The number of ether oxygens (including phenoxy) is 1. The number of carboxylic acid groups (broad SMARTS) is 1. The zero-order valence-corrected chi connectivity index (χ0v) is 19.2. The van der Waals surface area contributed by atoms with Crippen LogP contribution in [0.5, 0.6) is 0 Å². The first-order valence-corrected chi connectivity index (χ1v) is 12.7. The molecule has 0 spiro atoms. The number of aliphatic carboxylic acids is 1. The normalized spacial score (nSPS) is 23.1. The monoisotopic (exact) mass is 493 g/mol. The molecule has 2 N–H and O–H groups in total. The Bertz CT molecular complexity index is 1080. The van der Waals surface area contributed by atoms with E-state index in [0.29, 0.717) is 47.8 Å². The number of amides is 2. The molecule has 2 fully saturated rings. The van der Waals surface area contributed by atoms with E-state index >= 15 is 0 Å². The molecule has 2 amide bonds. The van der Waals surface area contributed by atoms with Crippen molar-refractivity contribution in [2.75, 3.05) is 37.0 Å². The number of nitrogens with zero attached hydrogens (tertiary/aromatic N) is 4. The van der Waals surface area contributed by atoms with Gasteiger partial charge in [-0.15, -0.1) is 33.3 Å². The van der Waals surface area contributed by atoms with Crippen molar-refractivity contribution in [3.63, 3.8) is 0 Å². The van der Waals surface area contributed by atoms with E-state index in [1.54, 1.807) is 0 Å². The maximum absolute atomic E-state index is 12.8. The smallest absolute Gasteiger partial charge is 0.353 e. The minimum atomic E-state index is -1.19. The SMILES string of the molecule is O=C(Cc1cccs1)NC1C(=O)N2C(C(=O)O)=C(c3nnc(N4CCOCC4)s3)CS[C@H]12. The fourth-order valence-corrected chi connectivity index (χ4v) is 6.88. The molecule has 0 aromatic carbocycles. The van der Waals surface area contributed by atoms with Gasteiger partial charge in [-0.1, -0.05) is 17.4 Å². The summed E-state index contributed by atoms with van der Waals surface area (Å²) in [6.07, 6.45) is 0.195. The maximum atomic E-state index is 12.8. The highest BCUT2D eigenvalue weighted by Crippen LogP contribution is 2.44. The van der Waals surface area contributed by atoms with Crippen LogP contribution in [0, 0.1) is 0 Å². The number of carbonyl (C=O) groups is 3. The molecule has 13 heteroatoms. The minimum Gasteiger partial charge on any atom is -0.477 e. The number of nitrogens with one attached hydrogen (secondary N) is 1. The Morgan fingerprint density at radius 3 is 2.81 bits per heavy atom. The van der Waals surface area contributed by atoms with Gasteiger partial charge in [0.25, 0.3) is 5.91 Å². The summed E-state index contributed by atoms with van der Waals surface area (Å²) in [6, 6.07) is 2.99. The molecular formula is C19H19N5O5S3. The maximum Gasteiger partial charge on any atom is 0.353 e. The molecule has 5 rings (SSSR count). The molecule has 168 valence electrons. The van der Waals surface area contributed by atoms with Gasteiger partial charge in [-0.3, -0.25) is 14.5 Å². The van der Waals surface area contributed by atoms with Gasteiger partial charge < -0.3 is 20.1 Å².